The maximum atomic E-state index is 13.0. The minimum Gasteiger partial charge on any atom is -0.466 e. The van der Waals surface area contributed by atoms with Crippen LogP contribution in [0, 0.1) is 5.41 Å². The number of ether oxygens (including phenoxy) is 1. The van der Waals surface area contributed by atoms with E-state index in [4.69, 9.17) is 4.74 Å². The lowest BCUT2D eigenvalue weighted by atomic mass is 9.75. The van der Waals surface area contributed by atoms with E-state index in [-0.39, 0.29) is 17.8 Å². The van der Waals surface area contributed by atoms with Crippen LogP contribution in [0.2, 0.25) is 0 Å². The molecule has 1 unspecified atom stereocenters. The lowest BCUT2D eigenvalue weighted by molar-refractivity contribution is -0.158. The molecule has 0 saturated carbocycles. The minimum absolute atomic E-state index is 0.0618. The van der Waals surface area contributed by atoms with Crippen LogP contribution in [0.4, 0.5) is 10.5 Å². The summed E-state index contributed by atoms with van der Waals surface area (Å²) in [7, 11) is 0. The van der Waals surface area contributed by atoms with Crippen LogP contribution in [0.25, 0.3) is 0 Å². The Labute approximate surface area is 177 Å². The number of ketones is 1. The first-order valence-electron chi connectivity index (χ1n) is 10.3. The zero-order chi connectivity index (χ0) is 21.6. The molecule has 3 rings (SSSR count). The minimum atomic E-state index is -0.770. The van der Waals surface area contributed by atoms with Crippen LogP contribution in [-0.2, 0) is 16.0 Å². The highest BCUT2D eigenvalue weighted by Crippen LogP contribution is 2.35. The number of carbonyl (C=O) groups is 3. The summed E-state index contributed by atoms with van der Waals surface area (Å²) >= 11 is 0. The number of hydrogen-bond donors (Lipinski definition) is 1. The molecule has 6 nitrogen and oxygen atoms in total. The van der Waals surface area contributed by atoms with Gasteiger partial charge in [-0.2, -0.15) is 0 Å². The molecular formula is C24H28N2O4. The van der Waals surface area contributed by atoms with Crippen LogP contribution in [0.3, 0.4) is 0 Å². The molecule has 1 atom stereocenters. The summed E-state index contributed by atoms with van der Waals surface area (Å²) in [5.41, 5.74) is 1.37. The number of urea groups is 1. The summed E-state index contributed by atoms with van der Waals surface area (Å²) in [6.45, 7) is 4.44. The molecule has 2 amide bonds. The largest absolute Gasteiger partial charge is 0.466 e. The third-order valence-corrected chi connectivity index (χ3v) is 5.48. The maximum Gasteiger partial charge on any atom is 0.321 e. The molecule has 1 N–H and O–H groups in total. The molecule has 1 fully saturated rings. The number of benzene rings is 2. The molecule has 0 radical (unpaired) electrons. The van der Waals surface area contributed by atoms with Crippen molar-refractivity contribution in [1.29, 1.82) is 0 Å². The lowest BCUT2D eigenvalue weighted by Crippen LogP contribution is -2.52. The summed E-state index contributed by atoms with van der Waals surface area (Å²) in [6, 6.07) is 16.4. The van der Waals surface area contributed by atoms with Gasteiger partial charge in [-0.25, -0.2) is 4.79 Å². The number of likely N-dealkylation sites (tertiary alicyclic amines) is 1. The highest BCUT2D eigenvalue weighted by Gasteiger charge is 2.44. The summed E-state index contributed by atoms with van der Waals surface area (Å²) in [6.07, 6.45) is 1.91. The second-order valence-corrected chi connectivity index (χ2v) is 7.76. The molecule has 1 aliphatic heterocycles. The van der Waals surface area contributed by atoms with E-state index in [0.717, 1.165) is 5.56 Å². The van der Waals surface area contributed by atoms with Crippen molar-refractivity contribution in [2.75, 3.05) is 25.0 Å². The molecule has 0 aliphatic carbocycles. The first-order valence-corrected chi connectivity index (χ1v) is 10.3. The highest BCUT2D eigenvalue weighted by atomic mass is 16.5. The topological polar surface area (TPSA) is 75.7 Å². The summed E-state index contributed by atoms with van der Waals surface area (Å²) in [4.78, 5) is 39.2. The van der Waals surface area contributed by atoms with Crippen LogP contribution in [0.15, 0.2) is 54.6 Å². The van der Waals surface area contributed by atoms with Gasteiger partial charge in [-0.15, -0.1) is 0 Å². The SMILES string of the molecule is CCOC(=O)C1(Cc2ccccc2)CCCN(C(=O)Nc2cccc(C(C)=O)c2)C1. The van der Waals surface area contributed by atoms with E-state index in [1.807, 2.05) is 30.3 Å². The van der Waals surface area contributed by atoms with Crippen molar-refractivity contribution in [3.8, 4) is 0 Å². The van der Waals surface area contributed by atoms with Crippen molar-refractivity contribution in [3.05, 3.63) is 65.7 Å². The van der Waals surface area contributed by atoms with Gasteiger partial charge in [0.15, 0.2) is 5.78 Å². The van der Waals surface area contributed by atoms with E-state index in [9.17, 15) is 14.4 Å². The quantitative estimate of drug-likeness (QED) is 0.571. The number of nitrogens with zero attached hydrogens (tertiary/aromatic N) is 1. The van der Waals surface area contributed by atoms with E-state index < -0.39 is 5.41 Å². The molecule has 30 heavy (non-hydrogen) atoms. The van der Waals surface area contributed by atoms with E-state index in [1.54, 1.807) is 36.1 Å². The third kappa shape index (κ3) is 5.06. The second kappa shape index (κ2) is 9.57. The molecule has 0 bridgehead atoms. The highest BCUT2D eigenvalue weighted by molar-refractivity contribution is 5.96. The Kier molecular flexibility index (Phi) is 6.87. The second-order valence-electron chi connectivity index (χ2n) is 7.76. The van der Waals surface area contributed by atoms with Crippen molar-refractivity contribution in [3.63, 3.8) is 0 Å². The zero-order valence-electron chi connectivity index (χ0n) is 17.5. The average molecular weight is 408 g/mol. The third-order valence-electron chi connectivity index (χ3n) is 5.48. The summed E-state index contributed by atoms with van der Waals surface area (Å²) in [5, 5.41) is 2.86. The molecule has 2 aromatic rings. The van der Waals surface area contributed by atoms with Gasteiger partial charge in [0, 0.05) is 24.3 Å². The first kappa shape index (κ1) is 21.6. The number of nitrogens with one attached hydrogen (secondary N) is 1. The van der Waals surface area contributed by atoms with Gasteiger partial charge >= 0.3 is 12.0 Å². The Morgan fingerprint density at radius 3 is 2.57 bits per heavy atom. The van der Waals surface area contributed by atoms with E-state index >= 15 is 0 Å². The Bertz CT molecular complexity index is 912. The van der Waals surface area contributed by atoms with Crippen molar-refractivity contribution in [2.24, 2.45) is 5.41 Å². The van der Waals surface area contributed by atoms with Gasteiger partial charge in [0.05, 0.1) is 12.0 Å². The average Bonchev–Trinajstić information content (AvgIpc) is 2.75. The van der Waals surface area contributed by atoms with Gasteiger partial charge in [-0.05, 0) is 50.8 Å². The number of piperidine rings is 1. The Hall–Kier alpha value is -3.15. The normalized spacial score (nSPS) is 18.5. The predicted molar refractivity (Wildman–Crippen MR) is 115 cm³/mol. The molecule has 0 aromatic heterocycles. The number of carbonyl (C=O) groups excluding carboxylic acids is 3. The first-order chi connectivity index (χ1) is 14.4. The van der Waals surface area contributed by atoms with E-state index in [1.165, 1.54) is 6.92 Å². The number of hydrogen-bond acceptors (Lipinski definition) is 4. The number of anilines is 1. The van der Waals surface area contributed by atoms with Crippen LogP contribution in [-0.4, -0.2) is 42.4 Å². The fourth-order valence-corrected chi connectivity index (χ4v) is 3.98. The molecule has 1 heterocycles. The van der Waals surface area contributed by atoms with Gasteiger partial charge in [-0.1, -0.05) is 42.5 Å². The number of Topliss-reactive ketones (excluding diaryl/α,β-unsaturated/α-hetero) is 1. The standard InChI is InChI=1S/C24H28N2O4/c1-3-30-22(28)24(16-19-9-5-4-6-10-19)13-8-14-26(17-24)23(29)25-21-12-7-11-20(15-21)18(2)27/h4-7,9-12,15H,3,8,13-14,16-17H2,1-2H3,(H,25,29). The molecule has 1 saturated heterocycles. The molecule has 0 spiro atoms. The van der Waals surface area contributed by atoms with Crippen molar-refractivity contribution >= 4 is 23.5 Å². The predicted octanol–water partition coefficient (Wildman–Crippen LogP) is 4.31. The molecular weight excluding hydrogens is 380 g/mol. The van der Waals surface area contributed by atoms with Crippen LogP contribution >= 0.6 is 0 Å². The van der Waals surface area contributed by atoms with Crippen molar-refractivity contribution < 1.29 is 19.1 Å². The number of esters is 1. The molecule has 2 aromatic carbocycles. The fraction of sp³-hybridized carbons (Fsp3) is 0.375. The summed E-state index contributed by atoms with van der Waals surface area (Å²) in [5.74, 6) is -0.321. The van der Waals surface area contributed by atoms with Gasteiger partial charge < -0.3 is 15.0 Å². The molecule has 1 aliphatic rings. The van der Waals surface area contributed by atoms with Crippen LogP contribution in [0.5, 0.6) is 0 Å². The lowest BCUT2D eigenvalue weighted by Gasteiger charge is -2.41. The smallest absolute Gasteiger partial charge is 0.321 e. The Morgan fingerprint density at radius 1 is 1.10 bits per heavy atom. The molecule has 6 heteroatoms. The monoisotopic (exact) mass is 408 g/mol. The Morgan fingerprint density at radius 2 is 1.87 bits per heavy atom. The van der Waals surface area contributed by atoms with Crippen LogP contribution < -0.4 is 5.32 Å². The fourth-order valence-electron chi connectivity index (χ4n) is 3.98. The van der Waals surface area contributed by atoms with E-state index in [2.05, 4.69) is 5.32 Å². The van der Waals surface area contributed by atoms with E-state index in [0.29, 0.717) is 50.2 Å². The zero-order valence-corrected chi connectivity index (χ0v) is 17.5. The maximum absolute atomic E-state index is 13.0. The van der Waals surface area contributed by atoms with Gasteiger partial charge in [0.2, 0.25) is 0 Å². The van der Waals surface area contributed by atoms with Crippen LogP contribution in [0.1, 0.15) is 42.6 Å². The molecule has 158 valence electrons. The van der Waals surface area contributed by atoms with Crippen molar-refractivity contribution in [1.82, 2.24) is 4.90 Å². The van der Waals surface area contributed by atoms with Crippen molar-refractivity contribution in [2.45, 2.75) is 33.1 Å². The van der Waals surface area contributed by atoms with Gasteiger partial charge in [-0.3, -0.25) is 9.59 Å². The Balaban J connectivity index is 1.79. The summed E-state index contributed by atoms with van der Waals surface area (Å²) < 4.78 is 5.41. The van der Waals surface area contributed by atoms with Gasteiger partial charge in [0.1, 0.15) is 0 Å². The number of rotatable bonds is 6. The van der Waals surface area contributed by atoms with Gasteiger partial charge in [0.25, 0.3) is 0 Å². The number of amides is 2.